The van der Waals surface area contributed by atoms with Gasteiger partial charge in [0.2, 0.25) is 0 Å². The van der Waals surface area contributed by atoms with Gasteiger partial charge in [-0.05, 0) is 57.8 Å². The summed E-state index contributed by atoms with van der Waals surface area (Å²) in [5.41, 5.74) is 0. The fourth-order valence-electron chi connectivity index (χ4n) is 4.69. The summed E-state index contributed by atoms with van der Waals surface area (Å²) in [6.07, 6.45) is 24.0. The average molecular weight is 665 g/mol. The topological polar surface area (TPSA) is 152 Å². The molecule has 1 aliphatic rings. The highest BCUT2D eigenvalue weighted by Crippen LogP contribution is 2.22. The van der Waals surface area contributed by atoms with Crippen LogP contribution in [0, 0.1) is 0 Å². The molecule has 0 aliphatic carbocycles. The second-order valence-electron chi connectivity index (χ2n) is 11.6. The van der Waals surface area contributed by atoms with E-state index in [9.17, 15) is 30.0 Å². The van der Waals surface area contributed by atoms with Crippen molar-refractivity contribution in [3.8, 4) is 0 Å². The summed E-state index contributed by atoms with van der Waals surface area (Å²) in [6, 6.07) is 0. The highest BCUT2D eigenvalue weighted by Gasteiger charge is 2.44. The monoisotopic (exact) mass is 664 g/mol. The molecule has 3 unspecified atom stereocenters. The fourth-order valence-corrected chi connectivity index (χ4v) is 4.69. The molecular weight excluding hydrogens is 604 g/mol. The van der Waals surface area contributed by atoms with Crippen LogP contribution < -0.4 is 0 Å². The number of rotatable bonds is 26. The third-order valence-corrected chi connectivity index (χ3v) is 7.46. The van der Waals surface area contributed by atoms with Crippen molar-refractivity contribution in [2.24, 2.45) is 0 Å². The van der Waals surface area contributed by atoms with E-state index in [2.05, 4.69) is 56.4 Å². The Morgan fingerprint density at radius 1 is 0.681 bits per heavy atom. The third kappa shape index (κ3) is 21.1. The second kappa shape index (κ2) is 28.4. The Balaban J connectivity index is 2.48. The summed E-state index contributed by atoms with van der Waals surface area (Å²) in [5, 5.41) is 39.8. The van der Waals surface area contributed by atoms with Crippen molar-refractivity contribution in [2.75, 3.05) is 19.8 Å². The van der Waals surface area contributed by atoms with E-state index in [1.54, 1.807) is 0 Å². The number of hydrogen-bond acceptors (Lipinski definition) is 10. The highest BCUT2D eigenvalue weighted by atomic mass is 16.7. The van der Waals surface area contributed by atoms with Crippen LogP contribution in [0.15, 0.2) is 60.8 Å². The van der Waals surface area contributed by atoms with E-state index in [0.717, 1.165) is 64.2 Å². The average Bonchev–Trinajstić information content (AvgIpc) is 3.06. The van der Waals surface area contributed by atoms with Crippen molar-refractivity contribution in [3.63, 3.8) is 0 Å². The molecule has 0 aromatic carbocycles. The van der Waals surface area contributed by atoms with E-state index in [1.807, 2.05) is 18.2 Å². The standard InChI is InChI=1S/C37H60O10/c1-3-5-7-9-11-13-14-15-16-18-20-22-24-26-33(40)46-30(29-45-37-36(43)35(42)34(41)31(27-38)47-37)28-44-32(39)25-23-21-19-17-12-10-8-6-4-2/h5-9,11-14,17,30-31,34-38,41-43H,3-4,10,15-16,18-29H2,1-2H3/b7-5+,8-6+,11-9+,14-13+,17-12+/t30?,31-,34+,35?,36?,37-/m1/s1. The van der Waals surface area contributed by atoms with Crippen molar-refractivity contribution in [1.29, 1.82) is 0 Å². The van der Waals surface area contributed by atoms with Crippen LogP contribution >= 0.6 is 0 Å². The van der Waals surface area contributed by atoms with Gasteiger partial charge < -0.3 is 39.4 Å². The first kappa shape index (κ1) is 42.4. The lowest BCUT2D eigenvalue weighted by Crippen LogP contribution is -2.59. The normalized spacial score (nSPS) is 22.7. The van der Waals surface area contributed by atoms with Crippen molar-refractivity contribution in [2.45, 2.75) is 141 Å². The lowest BCUT2D eigenvalue weighted by molar-refractivity contribution is -0.305. The molecule has 0 saturated carbocycles. The Labute approximate surface area is 281 Å². The van der Waals surface area contributed by atoms with Gasteiger partial charge >= 0.3 is 11.9 Å². The Bertz CT molecular complexity index is 955. The molecule has 268 valence electrons. The molecule has 1 heterocycles. The molecule has 0 radical (unpaired) electrons. The molecule has 1 rings (SSSR count). The predicted molar refractivity (Wildman–Crippen MR) is 182 cm³/mol. The number of carbonyl (C=O) groups is 2. The van der Waals surface area contributed by atoms with Gasteiger partial charge in [0.15, 0.2) is 12.4 Å². The molecule has 0 amide bonds. The van der Waals surface area contributed by atoms with Crippen LogP contribution in [0.5, 0.6) is 0 Å². The molecule has 1 aliphatic heterocycles. The minimum Gasteiger partial charge on any atom is -0.462 e. The van der Waals surface area contributed by atoms with E-state index in [1.165, 1.54) is 0 Å². The number of allylic oxidation sites excluding steroid dienone is 10. The summed E-state index contributed by atoms with van der Waals surface area (Å²) < 4.78 is 21.9. The van der Waals surface area contributed by atoms with Gasteiger partial charge in [0.25, 0.3) is 0 Å². The first-order chi connectivity index (χ1) is 22.8. The SMILES string of the molecule is CC/C=C/C=C/C=C/CCCCCCCC(=O)OC(COC(=O)CCCC/C=C/C/C=C/CC)CO[C@@H]1O[C@H](CO)[C@H](O)C(O)C1O. The van der Waals surface area contributed by atoms with Crippen molar-refractivity contribution >= 4 is 11.9 Å². The maximum atomic E-state index is 12.6. The van der Waals surface area contributed by atoms with Crippen LogP contribution in [0.2, 0.25) is 0 Å². The number of aliphatic hydroxyl groups excluding tert-OH is 4. The van der Waals surface area contributed by atoms with Crippen molar-refractivity contribution in [1.82, 2.24) is 0 Å². The Morgan fingerprint density at radius 2 is 1.30 bits per heavy atom. The van der Waals surface area contributed by atoms with Gasteiger partial charge in [-0.3, -0.25) is 9.59 Å². The molecule has 4 N–H and O–H groups in total. The Hall–Kier alpha value is -2.60. The van der Waals surface area contributed by atoms with Crippen molar-refractivity contribution < 1.29 is 49.0 Å². The lowest BCUT2D eigenvalue weighted by Gasteiger charge is -2.39. The molecule has 0 spiro atoms. The molecule has 6 atom stereocenters. The number of aliphatic hydroxyl groups is 4. The molecule has 47 heavy (non-hydrogen) atoms. The fraction of sp³-hybridized carbons (Fsp3) is 0.676. The second-order valence-corrected chi connectivity index (χ2v) is 11.6. The van der Waals surface area contributed by atoms with Gasteiger partial charge in [0, 0.05) is 12.8 Å². The summed E-state index contributed by atoms with van der Waals surface area (Å²) in [7, 11) is 0. The van der Waals surface area contributed by atoms with Crippen molar-refractivity contribution in [3.05, 3.63) is 60.8 Å². The molecule has 10 nitrogen and oxygen atoms in total. The zero-order valence-corrected chi connectivity index (χ0v) is 28.5. The summed E-state index contributed by atoms with van der Waals surface area (Å²) in [5.74, 6) is -0.885. The summed E-state index contributed by atoms with van der Waals surface area (Å²) in [4.78, 5) is 25.0. The van der Waals surface area contributed by atoms with E-state index in [4.69, 9.17) is 18.9 Å². The molecule has 0 aromatic rings. The smallest absolute Gasteiger partial charge is 0.306 e. The van der Waals surface area contributed by atoms with Crippen LogP contribution in [-0.4, -0.2) is 89.0 Å². The zero-order valence-electron chi connectivity index (χ0n) is 28.5. The first-order valence-corrected chi connectivity index (χ1v) is 17.4. The van der Waals surface area contributed by atoms with Crippen LogP contribution in [-0.2, 0) is 28.5 Å². The number of ether oxygens (including phenoxy) is 4. The molecule has 10 heteroatoms. The molecule has 1 saturated heterocycles. The predicted octanol–water partition coefficient (Wildman–Crippen LogP) is 5.54. The van der Waals surface area contributed by atoms with Gasteiger partial charge in [-0.1, -0.05) is 93.9 Å². The Morgan fingerprint density at radius 3 is 2.04 bits per heavy atom. The lowest BCUT2D eigenvalue weighted by atomic mass is 9.99. The maximum Gasteiger partial charge on any atom is 0.306 e. The Kier molecular flexibility index (Phi) is 25.6. The zero-order chi connectivity index (χ0) is 34.5. The molecule has 0 aromatic heterocycles. The molecule has 1 fully saturated rings. The highest BCUT2D eigenvalue weighted by molar-refractivity contribution is 5.70. The van der Waals surface area contributed by atoms with E-state index < -0.39 is 55.4 Å². The van der Waals surface area contributed by atoms with E-state index >= 15 is 0 Å². The van der Waals surface area contributed by atoms with Gasteiger partial charge in [0.1, 0.15) is 31.0 Å². The quantitative estimate of drug-likeness (QED) is 0.0402. The van der Waals surface area contributed by atoms with Crippen LogP contribution in [0.25, 0.3) is 0 Å². The maximum absolute atomic E-state index is 12.6. The third-order valence-electron chi connectivity index (χ3n) is 7.46. The minimum atomic E-state index is -1.60. The summed E-state index contributed by atoms with van der Waals surface area (Å²) >= 11 is 0. The number of esters is 2. The van der Waals surface area contributed by atoms with Gasteiger partial charge in [-0.15, -0.1) is 0 Å². The van der Waals surface area contributed by atoms with E-state index in [-0.39, 0.29) is 26.1 Å². The number of unbranched alkanes of at least 4 members (excludes halogenated alkanes) is 7. The van der Waals surface area contributed by atoms with Gasteiger partial charge in [-0.2, -0.15) is 0 Å². The largest absolute Gasteiger partial charge is 0.462 e. The van der Waals surface area contributed by atoms with E-state index in [0.29, 0.717) is 12.8 Å². The summed E-state index contributed by atoms with van der Waals surface area (Å²) in [6.45, 7) is 3.05. The van der Waals surface area contributed by atoms with Crippen LogP contribution in [0.4, 0.5) is 0 Å². The molecular formula is C37H60O10. The first-order valence-electron chi connectivity index (χ1n) is 17.4. The van der Waals surface area contributed by atoms with Crippen LogP contribution in [0.3, 0.4) is 0 Å². The van der Waals surface area contributed by atoms with Crippen LogP contribution in [0.1, 0.15) is 104 Å². The number of carbonyl (C=O) groups excluding carboxylic acids is 2. The molecule has 0 bridgehead atoms. The van der Waals surface area contributed by atoms with Gasteiger partial charge in [-0.25, -0.2) is 0 Å². The minimum absolute atomic E-state index is 0.197. The number of hydrogen-bond donors (Lipinski definition) is 4. The van der Waals surface area contributed by atoms with Gasteiger partial charge in [0.05, 0.1) is 13.2 Å².